The highest BCUT2D eigenvalue weighted by Gasteiger charge is 1.99. The van der Waals surface area contributed by atoms with Crippen LogP contribution < -0.4 is 0 Å². The Hall–Kier alpha value is 0.137. The molecule has 0 amide bonds. The molecule has 0 aliphatic heterocycles. The Bertz CT molecular complexity index is 176. The van der Waals surface area contributed by atoms with Gasteiger partial charge < -0.3 is 9.16 Å². The molecule has 0 saturated heterocycles. The summed E-state index contributed by atoms with van der Waals surface area (Å²) in [4.78, 5) is 0. The van der Waals surface area contributed by atoms with Gasteiger partial charge in [-0.3, -0.25) is 0 Å². The molecule has 122 valence electrons. The minimum Gasteiger partial charge on any atom is -0.421 e. The van der Waals surface area contributed by atoms with Gasteiger partial charge in [-0.2, -0.15) is 0 Å². The molecule has 0 heterocycles. The highest BCUT2D eigenvalue weighted by molar-refractivity contribution is 6.29. The lowest BCUT2D eigenvalue weighted by Crippen LogP contribution is -2.10. The number of hydrogen-bond acceptors (Lipinski definition) is 2. The maximum atomic E-state index is 5.69. The van der Waals surface area contributed by atoms with Gasteiger partial charge in [-0.1, -0.05) is 78.6 Å². The molecule has 0 aromatic heterocycles. The van der Waals surface area contributed by atoms with E-state index in [4.69, 9.17) is 9.16 Å². The molecule has 1 atom stereocenters. The summed E-state index contributed by atoms with van der Waals surface area (Å²) in [6.07, 6.45) is 13.6. The third kappa shape index (κ3) is 16.2. The van der Waals surface area contributed by atoms with Crippen LogP contribution >= 0.6 is 0 Å². The first-order valence-corrected chi connectivity index (χ1v) is 10.4. The molecule has 20 heavy (non-hydrogen) atoms. The third-order valence-electron chi connectivity index (χ3n) is 3.86. The molecule has 0 bridgehead atoms. The number of unbranched alkanes of at least 4 members (excludes halogenated alkanes) is 8. The van der Waals surface area contributed by atoms with E-state index >= 15 is 0 Å². The molecule has 0 radical (unpaired) electrons. The monoisotopic (exact) mass is 302 g/mol. The van der Waals surface area contributed by atoms with Crippen molar-refractivity contribution in [3.8, 4) is 0 Å². The van der Waals surface area contributed by atoms with E-state index in [1.54, 1.807) is 0 Å². The summed E-state index contributed by atoms with van der Waals surface area (Å²) >= 11 is 0. The molecule has 0 aliphatic carbocycles. The van der Waals surface area contributed by atoms with Crippen LogP contribution in [0.25, 0.3) is 0 Å². The molecule has 0 N–H and O–H groups in total. The highest BCUT2D eigenvalue weighted by Crippen LogP contribution is 2.09. The predicted octanol–water partition coefficient (Wildman–Crippen LogP) is 4.85. The van der Waals surface area contributed by atoms with Gasteiger partial charge in [-0.15, -0.1) is 0 Å². The van der Waals surface area contributed by atoms with E-state index in [9.17, 15) is 0 Å². The van der Waals surface area contributed by atoms with E-state index in [0.717, 1.165) is 25.4 Å². The minimum atomic E-state index is -0.304. The first-order valence-electron chi connectivity index (χ1n) is 8.96. The quantitative estimate of drug-likeness (QED) is 0.300. The molecule has 0 aliphatic rings. The van der Waals surface area contributed by atoms with Gasteiger partial charge in [0.05, 0.1) is 13.2 Å². The predicted molar refractivity (Wildman–Crippen MR) is 92.3 cm³/mol. The van der Waals surface area contributed by atoms with Crippen molar-refractivity contribution in [1.29, 1.82) is 0 Å². The average molecular weight is 303 g/mol. The smallest absolute Gasteiger partial charge is 0.164 e. The maximum Gasteiger partial charge on any atom is 0.164 e. The van der Waals surface area contributed by atoms with Crippen LogP contribution in [0, 0.1) is 0 Å². The second-order valence-electron chi connectivity index (χ2n) is 6.03. The molecule has 0 rings (SSSR count). The second kappa shape index (κ2) is 17.2. The van der Waals surface area contributed by atoms with Crippen molar-refractivity contribution in [1.82, 2.24) is 0 Å². The molecule has 2 nitrogen and oxygen atoms in total. The van der Waals surface area contributed by atoms with Crippen LogP contribution in [0.15, 0.2) is 0 Å². The lowest BCUT2D eigenvalue weighted by atomic mass is 10.1. The zero-order valence-electron chi connectivity index (χ0n) is 14.3. The molecule has 0 aromatic carbocycles. The minimum absolute atomic E-state index is 0.304. The van der Waals surface area contributed by atoms with Crippen molar-refractivity contribution in [2.45, 2.75) is 90.5 Å². The van der Waals surface area contributed by atoms with E-state index in [-0.39, 0.29) is 9.76 Å². The summed E-state index contributed by atoms with van der Waals surface area (Å²) in [6.45, 7) is 9.33. The van der Waals surface area contributed by atoms with Crippen molar-refractivity contribution in [2.75, 3.05) is 19.8 Å². The molecular formula is C17H38O2Si. The van der Waals surface area contributed by atoms with E-state index in [1.807, 2.05) is 0 Å². The SMILES string of the molecule is CCCCCCCCCCCOCCO[SiH2]C(C)CC. The Kier molecular flexibility index (Phi) is 17.3. The van der Waals surface area contributed by atoms with E-state index in [0.29, 0.717) is 0 Å². The van der Waals surface area contributed by atoms with Crippen LogP contribution in [0.5, 0.6) is 0 Å². The van der Waals surface area contributed by atoms with Gasteiger partial charge in [0.1, 0.15) is 0 Å². The molecule has 3 heteroatoms. The lowest BCUT2D eigenvalue weighted by Gasteiger charge is -2.09. The van der Waals surface area contributed by atoms with E-state index in [2.05, 4.69) is 20.8 Å². The van der Waals surface area contributed by atoms with Crippen LogP contribution in [0.4, 0.5) is 0 Å². The average Bonchev–Trinajstić information content (AvgIpc) is 2.47. The zero-order valence-corrected chi connectivity index (χ0v) is 15.7. The van der Waals surface area contributed by atoms with Crippen LogP contribution in [-0.2, 0) is 9.16 Å². The molecule has 0 fully saturated rings. The third-order valence-corrected chi connectivity index (χ3v) is 5.53. The van der Waals surface area contributed by atoms with Crippen molar-refractivity contribution < 1.29 is 9.16 Å². The number of rotatable bonds is 16. The summed E-state index contributed by atoms with van der Waals surface area (Å²) in [5, 5.41) is 0. The molecule has 0 saturated carbocycles. The first-order chi connectivity index (χ1) is 9.81. The van der Waals surface area contributed by atoms with Gasteiger partial charge >= 0.3 is 0 Å². The lowest BCUT2D eigenvalue weighted by molar-refractivity contribution is 0.0978. The fourth-order valence-corrected chi connectivity index (χ4v) is 3.06. The van der Waals surface area contributed by atoms with Gasteiger partial charge in [0.2, 0.25) is 0 Å². The van der Waals surface area contributed by atoms with E-state index in [1.165, 1.54) is 64.2 Å². The van der Waals surface area contributed by atoms with Gasteiger partial charge in [-0.25, -0.2) is 0 Å². The first kappa shape index (κ1) is 20.1. The van der Waals surface area contributed by atoms with Crippen LogP contribution in [0.3, 0.4) is 0 Å². The fraction of sp³-hybridized carbons (Fsp3) is 1.00. The number of hydrogen-bond donors (Lipinski definition) is 0. The van der Waals surface area contributed by atoms with Gasteiger partial charge in [-0.05, 0) is 12.0 Å². The molecule has 0 aromatic rings. The maximum absolute atomic E-state index is 5.69. The zero-order chi connectivity index (χ0) is 14.9. The Balaban J connectivity index is 2.96. The largest absolute Gasteiger partial charge is 0.421 e. The van der Waals surface area contributed by atoms with Crippen molar-refractivity contribution in [2.24, 2.45) is 0 Å². The Labute approximate surface area is 130 Å². The normalized spacial score (nSPS) is 13.3. The molecular weight excluding hydrogens is 264 g/mol. The second-order valence-corrected chi connectivity index (χ2v) is 8.16. The Morgan fingerprint density at radius 2 is 1.35 bits per heavy atom. The van der Waals surface area contributed by atoms with E-state index < -0.39 is 0 Å². The number of ether oxygens (including phenoxy) is 1. The van der Waals surface area contributed by atoms with Crippen LogP contribution in [0.2, 0.25) is 5.54 Å². The Morgan fingerprint density at radius 3 is 1.95 bits per heavy atom. The molecule has 1 unspecified atom stereocenters. The van der Waals surface area contributed by atoms with Crippen molar-refractivity contribution in [3.05, 3.63) is 0 Å². The van der Waals surface area contributed by atoms with Gasteiger partial charge in [0, 0.05) is 6.61 Å². The molecule has 0 spiro atoms. The standard InChI is InChI=1S/C17H38O2Si/c1-4-6-7-8-9-10-11-12-13-14-18-15-16-19-20-17(3)5-2/h17H,4-16,20H2,1-3H3. The van der Waals surface area contributed by atoms with Crippen molar-refractivity contribution >= 4 is 9.76 Å². The van der Waals surface area contributed by atoms with Crippen LogP contribution in [0.1, 0.15) is 85.0 Å². The summed E-state index contributed by atoms with van der Waals surface area (Å²) < 4.78 is 11.3. The van der Waals surface area contributed by atoms with Crippen molar-refractivity contribution in [3.63, 3.8) is 0 Å². The fourth-order valence-electron chi connectivity index (χ4n) is 2.14. The summed E-state index contributed by atoms with van der Waals surface area (Å²) in [6, 6.07) is 0. The Morgan fingerprint density at radius 1 is 0.750 bits per heavy atom. The van der Waals surface area contributed by atoms with Gasteiger partial charge in [0.15, 0.2) is 9.76 Å². The summed E-state index contributed by atoms with van der Waals surface area (Å²) in [5.74, 6) is 0. The van der Waals surface area contributed by atoms with Gasteiger partial charge in [0.25, 0.3) is 0 Å². The topological polar surface area (TPSA) is 18.5 Å². The highest BCUT2D eigenvalue weighted by atomic mass is 28.2. The van der Waals surface area contributed by atoms with Crippen LogP contribution in [-0.4, -0.2) is 29.6 Å². The summed E-state index contributed by atoms with van der Waals surface area (Å²) in [7, 11) is -0.304. The summed E-state index contributed by atoms with van der Waals surface area (Å²) in [5.41, 5.74) is 0.812.